The Morgan fingerprint density at radius 2 is 1.86 bits per heavy atom. The molecule has 7 nitrogen and oxygen atoms in total. The molecule has 0 aliphatic carbocycles. The molecule has 11 heteroatoms. The van der Waals surface area contributed by atoms with Gasteiger partial charge in [0.1, 0.15) is 6.54 Å². The number of benzene rings is 1. The fourth-order valence-electron chi connectivity index (χ4n) is 2.63. The Kier molecular flexibility index (Phi) is 4.79. The van der Waals surface area contributed by atoms with Crippen LogP contribution in [0.5, 0.6) is 0 Å². The Balaban J connectivity index is 2.05. The van der Waals surface area contributed by atoms with Crippen LogP contribution in [0.1, 0.15) is 5.69 Å². The van der Waals surface area contributed by atoms with Crippen LogP contribution in [-0.4, -0.2) is 40.5 Å². The first-order valence-corrected chi connectivity index (χ1v) is 9.71. The topological polar surface area (TPSA) is 105 Å². The summed E-state index contributed by atoms with van der Waals surface area (Å²) in [5, 5.41) is 12.3. The molecule has 0 spiro atoms. The van der Waals surface area contributed by atoms with Crippen LogP contribution in [0.25, 0.3) is 22.6 Å². The largest absolute Gasteiger partial charge is 0.480 e. The summed E-state index contributed by atoms with van der Waals surface area (Å²) in [6.07, 6.45) is -3.66. The minimum Gasteiger partial charge on any atom is -0.480 e. The smallest absolute Gasteiger partial charge is 0.435 e. The first-order chi connectivity index (χ1) is 12.9. The van der Waals surface area contributed by atoms with E-state index >= 15 is 0 Å². The molecule has 0 saturated carbocycles. The number of carbonyl (C=O) groups is 1. The second-order valence-corrected chi connectivity index (χ2v) is 8.07. The maximum absolute atomic E-state index is 13.0. The number of rotatable bonds is 5. The fraction of sp³-hybridized carbons (Fsp3) is 0.176. The third-order valence-electron chi connectivity index (χ3n) is 3.89. The van der Waals surface area contributed by atoms with Crippen LogP contribution >= 0.6 is 0 Å². The van der Waals surface area contributed by atoms with E-state index in [1.165, 1.54) is 18.2 Å². The van der Waals surface area contributed by atoms with E-state index in [4.69, 9.17) is 5.11 Å². The Bertz CT molecular complexity index is 1150. The molecule has 0 atom stereocenters. The van der Waals surface area contributed by atoms with E-state index < -0.39 is 34.2 Å². The summed E-state index contributed by atoms with van der Waals surface area (Å²) in [5.74, 6) is -1.34. The normalized spacial score (nSPS) is 12.3. The molecule has 0 saturated heterocycles. The van der Waals surface area contributed by atoms with Crippen LogP contribution in [0.15, 0.2) is 47.4 Å². The number of hydrogen-bond donors (Lipinski definition) is 2. The van der Waals surface area contributed by atoms with E-state index in [0.29, 0.717) is 11.3 Å². The van der Waals surface area contributed by atoms with Crippen LogP contribution in [0.3, 0.4) is 0 Å². The number of carboxylic acid groups (broad SMARTS) is 1. The summed E-state index contributed by atoms with van der Waals surface area (Å²) >= 11 is 0. The molecule has 1 aromatic carbocycles. The SMILES string of the molecule is CS(=O)(=O)c1cccc(-c2ccc(-c3cc(C(F)(F)F)nn3CC(=O)O)[nH]2)c1. The molecule has 3 aromatic rings. The van der Waals surface area contributed by atoms with Crippen molar-refractivity contribution in [3.8, 4) is 22.6 Å². The standard InChI is InChI=1S/C17H14F3N3O4S/c1-28(26,27)11-4-2-3-10(7-11)12-5-6-13(21-12)14-8-15(17(18,19)20)22-23(14)9-16(24)25/h2-8,21H,9H2,1H3,(H,24,25). The predicted octanol–water partition coefficient (Wildman–Crippen LogP) is 3.05. The first-order valence-electron chi connectivity index (χ1n) is 7.82. The quantitative estimate of drug-likeness (QED) is 0.669. The lowest BCUT2D eigenvalue weighted by atomic mass is 10.2. The average Bonchev–Trinajstić information content (AvgIpc) is 3.20. The van der Waals surface area contributed by atoms with E-state index in [0.717, 1.165) is 17.0 Å². The molecule has 2 N–H and O–H groups in total. The number of alkyl halides is 3. The summed E-state index contributed by atoms with van der Waals surface area (Å²) < 4.78 is 63.1. The molecule has 28 heavy (non-hydrogen) atoms. The molecule has 0 fully saturated rings. The Morgan fingerprint density at radius 1 is 1.18 bits per heavy atom. The summed E-state index contributed by atoms with van der Waals surface area (Å²) in [6, 6.07) is 9.83. The highest BCUT2D eigenvalue weighted by Crippen LogP contribution is 2.32. The van der Waals surface area contributed by atoms with Crippen molar-refractivity contribution >= 4 is 15.8 Å². The maximum atomic E-state index is 13.0. The van der Waals surface area contributed by atoms with Gasteiger partial charge in [0.25, 0.3) is 0 Å². The van der Waals surface area contributed by atoms with Gasteiger partial charge in [-0.3, -0.25) is 9.48 Å². The highest BCUT2D eigenvalue weighted by molar-refractivity contribution is 7.90. The van der Waals surface area contributed by atoms with Crippen molar-refractivity contribution in [1.29, 1.82) is 0 Å². The minimum absolute atomic E-state index is 0.0553. The van der Waals surface area contributed by atoms with Gasteiger partial charge in [-0.05, 0) is 35.9 Å². The second-order valence-electron chi connectivity index (χ2n) is 6.05. The molecular weight excluding hydrogens is 399 g/mol. The third-order valence-corrected chi connectivity index (χ3v) is 5.00. The fourth-order valence-corrected chi connectivity index (χ4v) is 3.29. The number of hydrogen-bond acceptors (Lipinski definition) is 4. The summed E-state index contributed by atoms with van der Waals surface area (Å²) in [7, 11) is -3.43. The van der Waals surface area contributed by atoms with Crippen LogP contribution in [0.4, 0.5) is 13.2 Å². The van der Waals surface area contributed by atoms with Gasteiger partial charge >= 0.3 is 12.1 Å². The van der Waals surface area contributed by atoms with Crippen molar-refractivity contribution in [1.82, 2.24) is 14.8 Å². The van der Waals surface area contributed by atoms with Gasteiger partial charge in [0.15, 0.2) is 15.5 Å². The number of nitrogens with one attached hydrogen (secondary N) is 1. The van der Waals surface area contributed by atoms with Gasteiger partial charge in [-0.15, -0.1) is 0 Å². The molecule has 2 heterocycles. The van der Waals surface area contributed by atoms with Crippen molar-refractivity contribution in [3.63, 3.8) is 0 Å². The Morgan fingerprint density at radius 3 is 2.46 bits per heavy atom. The van der Waals surface area contributed by atoms with Gasteiger partial charge in [-0.25, -0.2) is 8.42 Å². The van der Waals surface area contributed by atoms with Crippen molar-refractivity contribution in [2.75, 3.05) is 6.26 Å². The number of aromatic nitrogens is 3. The van der Waals surface area contributed by atoms with E-state index in [1.54, 1.807) is 18.2 Å². The molecule has 148 valence electrons. The second kappa shape index (κ2) is 6.82. The molecule has 3 rings (SSSR count). The monoisotopic (exact) mass is 413 g/mol. The van der Waals surface area contributed by atoms with Gasteiger partial charge in [-0.2, -0.15) is 18.3 Å². The average molecular weight is 413 g/mol. The lowest BCUT2D eigenvalue weighted by Gasteiger charge is -2.04. The maximum Gasteiger partial charge on any atom is 0.435 e. The van der Waals surface area contributed by atoms with Crippen molar-refractivity contribution < 1.29 is 31.5 Å². The van der Waals surface area contributed by atoms with Gasteiger partial charge in [0.2, 0.25) is 0 Å². The van der Waals surface area contributed by atoms with E-state index in [-0.39, 0.29) is 16.3 Å². The zero-order chi connectivity index (χ0) is 20.7. The number of aliphatic carboxylic acids is 1. The molecular formula is C17H14F3N3O4S. The zero-order valence-corrected chi connectivity index (χ0v) is 15.2. The molecule has 0 amide bonds. The van der Waals surface area contributed by atoms with Crippen molar-refractivity contribution in [2.24, 2.45) is 0 Å². The molecule has 2 aromatic heterocycles. The number of halogens is 3. The number of carboxylic acids is 1. The van der Waals surface area contributed by atoms with E-state index in [9.17, 15) is 26.4 Å². The lowest BCUT2D eigenvalue weighted by Crippen LogP contribution is -2.13. The van der Waals surface area contributed by atoms with E-state index in [1.807, 2.05) is 0 Å². The highest BCUT2D eigenvalue weighted by atomic mass is 32.2. The minimum atomic E-state index is -4.72. The highest BCUT2D eigenvalue weighted by Gasteiger charge is 2.35. The molecule has 0 aliphatic heterocycles. The Hall–Kier alpha value is -3.08. The van der Waals surface area contributed by atoms with Gasteiger partial charge in [0.05, 0.1) is 16.3 Å². The summed E-state index contributed by atoms with van der Waals surface area (Å²) in [4.78, 5) is 13.9. The Labute approximate surface area is 157 Å². The first kappa shape index (κ1) is 19.7. The predicted molar refractivity (Wildman–Crippen MR) is 93.2 cm³/mol. The third kappa shape index (κ3) is 4.09. The molecule has 0 unspecified atom stereocenters. The number of aromatic amines is 1. The van der Waals surface area contributed by atoms with Crippen molar-refractivity contribution in [2.45, 2.75) is 17.6 Å². The summed E-state index contributed by atoms with van der Waals surface area (Å²) in [5.41, 5.74) is -0.0881. The van der Waals surface area contributed by atoms with E-state index in [2.05, 4.69) is 10.1 Å². The van der Waals surface area contributed by atoms with Crippen LogP contribution < -0.4 is 0 Å². The number of nitrogens with zero attached hydrogens (tertiary/aromatic N) is 2. The number of sulfone groups is 1. The number of H-pyrrole nitrogens is 1. The van der Waals surface area contributed by atoms with Gasteiger partial charge < -0.3 is 10.1 Å². The van der Waals surface area contributed by atoms with Crippen molar-refractivity contribution in [3.05, 3.63) is 48.2 Å². The molecule has 0 aliphatic rings. The van der Waals surface area contributed by atoms with Gasteiger partial charge in [0, 0.05) is 11.9 Å². The molecule has 0 bridgehead atoms. The van der Waals surface area contributed by atoms with Crippen LogP contribution in [-0.2, 0) is 27.4 Å². The van der Waals surface area contributed by atoms with Crippen LogP contribution in [0, 0.1) is 0 Å². The molecule has 0 radical (unpaired) electrons. The summed E-state index contributed by atoms with van der Waals surface area (Å²) in [6.45, 7) is -0.747. The lowest BCUT2D eigenvalue weighted by molar-refractivity contribution is -0.143. The van der Waals surface area contributed by atoms with Crippen LogP contribution in [0.2, 0.25) is 0 Å². The van der Waals surface area contributed by atoms with Gasteiger partial charge in [-0.1, -0.05) is 12.1 Å². The zero-order valence-electron chi connectivity index (χ0n) is 14.4.